The summed E-state index contributed by atoms with van der Waals surface area (Å²) in [6, 6.07) is 14.1. The Balaban J connectivity index is 1.48. The minimum Gasteiger partial charge on any atom is -0.308 e. The molecule has 1 aliphatic rings. The van der Waals surface area contributed by atoms with E-state index in [0.29, 0.717) is 43.7 Å². The standard InChI is InChI=1S/C23H18Cl2N4O2S/c24-16-7-3-14(4-8-16)18(30)12-32-23-27-21-19(22(31)28-23)26-20(29(21)11-13-1-2-13)15-5-9-17(25)10-6-15/h3-10,13H,1-2,11-12H2,(H,27,28,31). The van der Waals surface area contributed by atoms with Gasteiger partial charge in [-0.2, -0.15) is 0 Å². The van der Waals surface area contributed by atoms with E-state index < -0.39 is 0 Å². The van der Waals surface area contributed by atoms with Gasteiger partial charge in [0.1, 0.15) is 5.82 Å². The fraction of sp³-hybridized carbons (Fsp3) is 0.217. The van der Waals surface area contributed by atoms with Crippen molar-refractivity contribution in [3.8, 4) is 11.4 Å². The van der Waals surface area contributed by atoms with E-state index in [1.54, 1.807) is 36.4 Å². The summed E-state index contributed by atoms with van der Waals surface area (Å²) in [6.45, 7) is 0.749. The zero-order valence-corrected chi connectivity index (χ0v) is 19.2. The maximum Gasteiger partial charge on any atom is 0.279 e. The molecule has 1 aliphatic carbocycles. The van der Waals surface area contributed by atoms with E-state index in [9.17, 15) is 9.59 Å². The van der Waals surface area contributed by atoms with Gasteiger partial charge in [0.05, 0.1) is 5.75 Å². The highest BCUT2D eigenvalue weighted by molar-refractivity contribution is 7.99. The number of fused-ring (bicyclic) bond motifs is 1. The van der Waals surface area contributed by atoms with Crippen molar-refractivity contribution < 1.29 is 4.79 Å². The number of hydrogen-bond acceptors (Lipinski definition) is 5. The highest BCUT2D eigenvalue weighted by atomic mass is 35.5. The smallest absolute Gasteiger partial charge is 0.279 e. The van der Waals surface area contributed by atoms with Gasteiger partial charge in [-0.05, 0) is 67.3 Å². The molecule has 0 aliphatic heterocycles. The van der Waals surface area contributed by atoms with Gasteiger partial charge in [-0.1, -0.05) is 35.0 Å². The van der Waals surface area contributed by atoms with Gasteiger partial charge in [0.2, 0.25) is 0 Å². The Morgan fingerprint density at radius 3 is 2.34 bits per heavy atom. The lowest BCUT2D eigenvalue weighted by molar-refractivity contribution is 0.102. The van der Waals surface area contributed by atoms with Gasteiger partial charge in [-0.3, -0.25) is 14.6 Å². The summed E-state index contributed by atoms with van der Waals surface area (Å²) >= 11 is 13.1. The Morgan fingerprint density at radius 1 is 1.03 bits per heavy atom. The Hall–Kier alpha value is -2.61. The zero-order valence-electron chi connectivity index (χ0n) is 16.8. The number of ketones is 1. The van der Waals surface area contributed by atoms with Crippen molar-refractivity contribution in [2.45, 2.75) is 24.5 Å². The number of rotatable bonds is 7. The lowest BCUT2D eigenvalue weighted by Crippen LogP contribution is -2.12. The van der Waals surface area contributed by atoms with Crippen LogP contribution in [0.5, 0.6) is 0 Å². The molecular formula is C23H18Cl2N4O2S. The maximum atomic E-state index is 12.8. The molecule has 1 N–H and O–H groups in total. The van der Waals surface area contributed by atoms with E-state index in [1.807, 2.05) is 16.7 Å². The molecule has 162 valence electrons. The SMILES string of the molecule is O=C(CSc1nc2c(nc(-c3ccc(Cl)cc3)n2CC2CC2)c(=O)[nH]1)c1ccc(Cl)cc1. The first-order valence-corrected chi connectivity index (χ1v) is 11.9. The van der Waals surface area contributed by atoms with Crippen molar-refractivity contribution in [2.24, 2.45) is 5.92 Å². The zero-order chi connectivity index (χ0) is 22.2. The van der Waals surface area contributed by atoms with E-state index in [1.165, 1.54) is 11.8 Å². The monoisotopic (exact) mass is 484 g/mol. The van der Waals surface area contributed by atoms with Crippen LogP contribution in [0.15, 0.2) is 58.5 Å². The van der Waals surface area contributed by atoms with Gasteiger partial charge < -0.3 is 4.57 Å². The lowest BCUT2D eigenvalue weighted by atomic mass is 10.1. The fourth-order valence-corrected chi connectivity index (χ4v) is 4.47. The van der Waals surface area contributed by atoms with Crippen molar-refractivity contribution in [1.29, 1.82) is 0 Å². The maximum absolute atomic E-state index is 12.8. The van der Waals surface area contributed by atoms with Crippen molar-refractivity contribution >= 4 is 51.9 Å². The van der Waals surface area contributed by atoms with Gasteiger partial charge in [0.15, 0.2) is 22.1 Å². The normalized spacial score (nSPS) is 13.6. The molecule has 5 rings (SSSR count). The average Bonchev–Trinajstić information content (AvgIpc) is 3.53. The number of nitrogens with one attached hydrogen (secondary N) is 1. The molecule has 0 spiro atoms. The number of thioether (sulfide) groups is 1. The van der Waals surface area contributed by atoms with Crippen molar-refractivity contribution in [3.05, 3.63) is 74.5 Å². The molecule has 2 aromatic carbocycles. The summed E-state index contributed by atoms with van der Waals surface area (Å²) in [5.74, 6) is 1.34. The quantitative estimate of drug-likeness (QED) is 0.213. The van der Waals surface area contributed by atoms with Crippen LogP contribution in [0.1, 0.15) is 23.2 Å². The highest BCUT2D eigenvalue weighted by Crippen LogP contribution is 2.34. The number of hydrogen-bond donors (Lipinski definition) is 1. The Morgan fingerprint density at radius 2 is 1.69 bits per heavy atom. The summed E-state index contributed by atoms with van der Waals surface area (Å²) in [6.07, 6.45) is 2.31. The second kappa shape index (κ2) is 8.73. The largest absolute Gasteiger partial charge is 0.308 e. The Bertz CT molecular complexity index is 1360. The number of halogens is 2. The van der Waals surface area contributed by atoms with Crippen molar-refractivity contribution in [2.75, 3.05) is 5.75 Å². The number of nitrogens with zero attached hydrogens (tertiary/aromatic N) is 3. The first kappa shape index (κ1) is 21.2. The molecule has 0 atom stereocenters. The van der Waals surface area contributed by atoms with E-state index in [0.717, 1.165) is 24.9 Å². The second-order valence-electron chi connectivity index (χ2n) is 7.76. The molecule has 32 heavy (non-hydrogen) atoms. The average molecular weight is 485 g/mol. The van der Waals surface area contributed by atoms with Crippen LogP contribution in [0, 0.1) is 5.92 Å². The molecule has 2 heterocycles. The number of carbonyl (C=O) groups excluding carboxylic acids is 1. The van der Waals surface area contributed by atoms with E-state index >= 15 is 0 Å². The first-order valence-electron chi connectivity index (χ1n) is 10.2. The number of imidazole rings is 1. The van der Waals surface area contributed by atoms with Gasteiger partial charge in [-0.25, -0.2) is 9.97 Å². The predicted octanol–water partition coefficient (Wildman–Crippen LogP) is 5.48. The molecule has 0 bridgehead atoms. The van der Waals surface area contributed by atoms with Gasteiger partial charge >= 0.3 is 0 Å². The van der Waals surface area contributed by atoms with Crippen LogP contribution in [0.25, 0.3) is 22.6 Å². The van der Waals surface area contributed by atoms with Gasteiger partial charge in [0.25, 0.3) is 5.56 Å². The molecular weight excluding hydrogens is 467 g/mol. The number of carbonyl (C=O) groups is 1. The molecule has 0 saturated heterocycles. The lowest BCUT2D eigenvalue weighted by Gasteiger charge is -2.08. The molecule has 9 heteroatoms. The van der Waals surface area contributed by atoms with Crippen LogP contribution in [-0.4, -0.2) is 31.1 Å². The van der Waals surface area contributed by atoms with Crippen LogP contribution >= 0.6 is 35.0 Å². The minimum absolute atomic E-state index is 0.0669. The summed E-state index contributed by atoms with van der Waals surface area (Å²) in [5.41, 5.74) is 1.95. The van der Waals surface area contributed by atoms with Crippen LogP contribution in [0.4, 0.5) is 0 Å². The van der Waals surface area contributed by atoms with E-state index in [4.69, 9.17) is 23.2 Å². The van der Waals surface area contributed by atoms with Gasteiger partial charge in [-0.15, -0.1) is 0 Å². The Kier molecular flexibility index (Phi) is 5.80. The molecule has 0 unspecified atom stereocenters. The van der Waals surface area contributed by atoms with Gasteiger partial charge in [0, 0.05) is 27.7 Å². The third-order valence-electron chi connectivity index (χ3n) is 5.33. The van der Waals surface area contributed by atoms with Crippen LogP contribution in [-0.2, 0) is 6.54 Å². The number of benzene rings is 2. The number of Topliss-reactive ketones (excluding diaryl/α,β-unsaturated/α-hetero) is 1. The van der Waals surface area contributed by atoms with Crippen LogP contribution in [0.3, 0.4) is 0 Å². The topological polar surface area (TPSA) is 80.6 Å². The van der Waals surface area contributed by atoms with E-state index in [2.05, 4.69) is 15.0 Å². The summed E-state index contributed by atoms with van der Waals surface area (Å²) < 4.78 is 2.01. The minimum atomic E-state index is -0.318. The van der Waals surface area contributed by atoms with Crippen molar-refractivity contribution in [1.82, 2.24) is 19.5 Å². The third-order valence-corrected chi connectivity index (χ3v) is 6.71. The summed E-state index contributed by atoms with van der Waals surface area (Å²) in [4.78, 5) is 37.3. The second-order valence-corrected chi connectivity index (χ2v) is 9.60. The molecule has 4 aromatic rings. The molecule has 0 amide bonds. The van der Waals surface area contributed by atoms with E-state index in [-0.39, 0.29) is 17.1 Å². The van der Waals surface area contributed by atoms with Crippen LogP contribution < -0.4 is 5.56 Å². The number of aromatic nitrogens is 4. The molecule has 1 fully saturated rings. The van der Waals surface area contributed by atoms with Crippen molar-refractivity contribution in [3.63, 3.8) is 0 Å². The molecule has 1 saturated carbocycles. The molecule has 0 radical (unpaired) electrons. The summed E-state index contributed by atoms with van der Waals surface area (Å²) in [7, 11) is 0. The fourth-order valence-electron chi connectivity index (χ4n) is 3.46. The first-order chi connectivity index (χ1) is 15.5. The molecule has 2 aromatic heterocycles. The molecule has 6 nitrogen and oxygen atoms in total. The highest BCUT2D eigenvalue weighted by Gasteiger charge is 2.26. The number of aromatic amines is 1. The Labute approximate surface area is 198 Å². The number of H-pyrrole nitrogens is 1. The third kappa shape index (κ3) is 4.46. The predicted molar refractivity (Wildman–Crippen MR) is 128 cm³/mol. The van der Waals surface area contributed by atoms with Crippen LogP contribution in [0.2, 0.25) is 10.0 Å². The summed E-state index contributed by atoms with van der Waals surface area (Å²) in [5, 5.41) is 1.61.